The Morgan fingerprint density at radius 3 is 2.21 bits per heavy atom. The quantitative estimate of drug-likeness (QED) is 0.726. The average Bonchev–Trinajstić information content (AvgIpc) is 2.17. The molecule has 0 aromatic heterocycles. The highest BCUT2D eigenvalue weighted by Gasteiger charge is 2.18. The minimum absolute atomic E-state index is 0.0542. The Labute approximate surface area is 81.8 Å². The third-order valence-corrected chi connectivity index (χ3v) is 3.19. The monoisotopic (exact) mass is 212 g/mol. The van der Waals surface area contributed by atoms with Crippen molar-refractivity contribution in [3.05, 3.63) is 29.8 Å². The predicted molar refractivity (Wildman–Crippen MR) is 47.9 cm³/mol. The Morgan fingerprint density at radius 2 is 1.86 bits per heavy atom. The smallest absolute Gasteiger partial charge is 0.264 e. The summed E-state index contributed by atoms with van der Waals surface area (Å²) >= 11 is 0. The van der Waals surface area contributed by atoms with Crippen molar-refractivity contribution < 1.29 is 13.6 Å². The van der Waals surface area contributed by atoms with Gasteiger partial charge in [-0.15, -0.1) is 0 Å². The van der Waals surface area contributed by atoms with E-state index in [1.54, 1.807) is 0 Å². The van der Waals surface area contributed by atoms with Crippen LogP contribution in [0.15, 0.2) is 29.2 Å². The largest absolute Gasteiger partial charge is 0.299 e. The Morgan fingerprint density at radius 1 is 1.36 bits per heavy atom. The third kappa shape index (κ3) is 1.90. The molecule has 0 fully saturated rings. The van der Waals surface area contributed by atoms with Gasteiger partial charge in [0.25, 0.3) is 10.0 Å². The van der Waals surface area contributed by atoms with Gasteiger partial charge in [-0.25, -0.2) is 8.42 Å². The first-order valence-corrected chi connectivity index (χ1v) is 5.10. The highest BCUT2D eigenvalue weighted by molar-refractivity contribution is 7.89. The number of rotatable bonds is 2. The molecule has 0 atom stereocenters. The minimum atomic E-state index is -3.82. The molecule has 0 heterocycles. The van der Waals surface area contributed by atoms with Gasteiger partial charge in [0.2, 0.25) is 0 Å². The van der Waals surface area contributed by atoms with Crippen molar-refractivity contribution >= 4 is 10.0 Å². The molecule has 0 bridgehead atoms. The maximum atomic E-state index is 11.3. The summed E-state index contributed by atoms with van der Waals surface area (Å²) in [6, 6.07) is 7.14. The summed E-state index contributed by atoms with van der Waals surface area (Å²) < 4.78 is 22.8. The second-order valence-electron chi connectivity index (χ2n) is 2.58. The lowest BCUT2D eigenvalue weighted by Gasteiger charge is -2.08. The zero-order valence-corrected chi connectivity index (χ0v) is 8.19. The number of benzene rings is 1. The molecular weight excluding hydrogens is 204 g/mol. The fourth-order valence-corrected chi connectivity index (χ4v) is 1.64. The molecule has 1 aromatic carbocycles. The zero-order valence-electron chi connectivity index (χ0n) is 7.38. The van der Waals surface area contributed by atoms with E-state index in [9.17, 15) is 8.42 Å². The third-order valence-electron chi connectivity index (χ3n) is 1.63. The Balaban J connectivity index is 3.18. The van der Waals surface area contributed by atoms with Crippen LogP contribution in [0, 0.1) is 11.3 Å². The van der Waals surface area contributed by atoms with Crippen molar-refractivity contribution in [2.45, 2.75) is 4.90 Å². The standard InChI is InChI=1S/C8H8N2O3S/c1-10(11)14(12,13)8-4-2-7(6-9)3-5-8/h2-5,11H,1H3. The predicted octanol–water partition coefficient (Wildman–Crippen LogP) is 0.568. The van der Waals surface area contributed by atoms with Crippen LogP contribution in [0.4, 0.5) is 0 Å². The van der Waals surface area contributed by atoms with Gasteiger partial charge in [-0.05, 0) is 24.3 Å². The molecule has 14 heavy (non-hydrogen) atoms. The van der Waals surface area contributed by atoms with E-state index in [1.165, 1.54) is 24.3 Å². The molecule has 0 spiro atoms. The molecule has 0 saturated carbocycles. The molecule has 6 heteroatoms. The van der Waals surface area contributed by atoms with E-state index in [0.717, 1.165) is 7.05 Å². The first-order chi connectivity index (χ1) is 6.48. The van der Waals surface area contributed by atoms with Crippen molar-refractivity contribution in [2.24, 2.45) is 0 Å². The molecule has 74 valence electrons. The van der Waals surface area contributed by atoms with E-state index in [2.05, 4.69) is 0 Å². The van der Waals surface area contributed by atoms with Gasteiger partial charge in [-0.1, -0.05) is 4.47 Å². The number of hydrogen-bond acceptors (Lipinski definition) is 4. The van der Waals surface area contributed by atoms with Crippen molar-refractivity contribution in [1.29, 1.82) is 5.26 Å². The Kier molecular flexibility index (Phi) is 2.86. The SMILES string of the molecule is CN(O)S(=O)(=O)c1ccc(C#N)cc1. The molecule has 0 saturated heterocycles. The van der Waals surface area contributed by atoms with E-state index in [-0.39, 0.29) is 9.36 Å². The normalized spacial score (nSPS) is 11.3. The number of nitriles is 1. The lowest BCUT2D eigenvalue weighted by atomic mass is 10.2. The van der Waals surface area contributed by atoms with Gasteiger partial charge in [0, 0.05) is 7.05 Å². The van der Waals surface area contributed by atoms with Crippen molar-refractivity contribution in [3.63, 3.8) is 0 Å². The number of hydrogen-bond donors (Lipinski definition) is 1. The van der Waals surface area contributed by atoms with Gasteiger partial charge in [0.15, 0.2) is 0 Å². The summed E-state index contributed by atoms with van der Waals surface area (Å²) in [4.78, 5) is -0.0542. The van der Waals surface area contributed by atoms with Crippen molar-refractivity contribution in [1.82, 2.24) is 4.47 Å². The molecule has 1 N–H and O–H groups in total. The van der Waals surface area contributed by atoms with E-state index in [0.29, 0.717) is 5.56 Å². The van der Waals surface area contributed by atoms with Gasteiger partial charge in [0.05, 0.1) is 16.5 Å². The minimum Gasteiger partial charge on any atom is -0.299 e. The van der Waals surface area contributed by atoms with Crippen LogP contribution in [0.5, 0.6) is 0 Å². The van der Waals surface area contributed by atoms with Crippen LogP contribution in [0.2, 0.25) is 0 Å². The molecule has 5 nitrogen and oxygen atoms in total. The van der Waals surface area contributed by atoms with E-state index in [4.69, 9.17) is 10.5 Å². The molecule has 0 amide bonds. The summed E-state index contributed by atoms with van der Waals surface area (Å²) in [6.07, 6.45) is 0. The van der Waals surface area contributed by atoms with Crippen LogP contribution in [-0.2, 0) is 10.0 Å². The molecule has 0 aliphatic carbocycles. The fraction of sp³-hybridized carbons (Fsp3) is 0.125. The molecule has 1 rings (SSSR count). The highest BCUT2D eigenvalue weighted by atomic mass is 32.2. The maximum absolute atomic E-state index is 11.3. The maximum Gasteiger partial charge on any atom is 0.264 e. The first kappa shape index (κ1) is 10.7. The summed E-state index contributed by atoms with van der Waals surface area (Å²) in [5.41, 5.74) is 0.365. The second-order valence-corrected chi connectivity index (χ2v) is 4.53. The Hall–Kier alpha value is -1.42. The summed E-state index contributed by atoms with van der Waals surface area (Å²) in [5, 5.41) is 17.3. The molecule has 0 aliphatic heterocycles. The molecule has 0 aliphatic rings. The van der Waals surface area contributed by atoms with Crippen molar-refractivity contribution in [2.75, 3.05) is 7.05 Å². The van der Waals surface area contributed by atoms with Crippen LogP contribution < -0.4 is 0 Å². The molecule has 0 radical (unpaired) electrons. The summed E-state index contributed by atoms with van der Waals surface area (Å²) in [7, 11) is -2.80. The summed E-state index contributed by atoms with van der Waals surface area (Å²) in [5.74, 6) is 0. The van der Waals surface area contributed by atoms with Gasteiger partial charge < -0.3 is 0 Å². The Bertz CT molecular complexity index is 456. The van der Waals surface area contributed by atoms with Crippen LogP contribution >= 0.6 is 0 Å². The molecular formula is C8H8N2O3S. The first-order valence-electron chi connectivity index (χ1n) is 3.66. The van der Waals surface area contributed by atoms with E-state index in [1.807, 2.05) is 6.07 Å². The van der Waals surface area contributed by atoms with Crippen LogP contribution in [0.3, 0.4) is 0 Å². The molecule has 0 unspecified atom stereocenters. The zero-order chi connectivity index (χ0) is 10.8. The summed E-state index contributed by atoms with van der Waals surface area (Å²) in [6.45, 7) is 0. The van der Waals surface area contributed by atoms with Crippen LogP contribution in [-0.4, -0.2) is 25.1 Å². The second kappa shape index (κ2) is 3.75. The lowest BCUT2D eigenvalue weighted by molar-refractivity contribution is 0.0310. The number of hydroxylamine groups is 1. The van der Waals surface area contributed by atoms with Gasteiger partial charge in [-0.3, -0.25) is 5.21 Å². The van der Waals surface area contributed by atoms with E-state index >= 15 is 0 Å². The van der Waals surface area contributed by atoms with Gasteiger partial charge >= 0.3 is 0 Å². The average molecular weight is 212 g/mol. The number of sulfonamides is 1. The van der Waals surface area contributed by atoms with Crippen molar-refractivity contribution in [3.8, 4) is 6.07 Å². The highest BCUT2D eigenvalue weighted by Crippen LogP contribution is 2.13. The lowest BCUT2D eigenvalue weighted by Crippen LogP contribution is -2.22. The van der Waals surface area contributed by atoms with Crippen LogP contribution in [0.1, 0.15) is 5.56 Å². The van der Waals surface area contributed by atoms with E-state index < -0.39 is 10.0 Å². The van der Waals surface area contributed by atoms with Crippen LogP contribution in [0.25, 0.3) is 0 Å². The topological polar surface area (TPSA) is 81.4 Å². The van der Waals surface area contributed by atoms with Gasteiger partial charge in [-0.2, -0.15) is 5.26 Å². The number of nitrogens with zero attached hydrogens (tertiary/aromatic N) is 2. The fourth-order valence-electron chi connectivity index (χ4n) is 0.854. The molecule has 1 aromatic rings. The van der Waals surface area contributed by atoms with Gasteiger partial charge in [0.1, 0.15) is 0 Å².